The summed E-state index contributed by atoms with van der Waals surface area (Å²) >= 11 is -3.29. The monoisotopic (exact) mass is 552 g/mol. The van der Waals surface area contributed by atoms with Crippen molar-refractivity contribution in [2.45, 2.75) is 22.1 Å². The number of benzene rings is 4. The SMILES string of the molecule is Cl.Cl.[CH3][Zr]([CH3])(=[SiH2])([C]1=CC=CC1)[c]1cccc2c1c1c(c3ccccc32)-c2ccccc2C1. The van der Waals surface area contributed by atoms with Crippen molar-refractivity contribution in [2.24, 2.45) is 0 Å². The number of allylic oxidation sites excluding steroid dienone is 4. The van der Waals surface area contributed by atoms with Crippen molar-refractivity contribution in [3.05, 3.63) is 99.4 Å². The second-order valence-electron chi connectivity index (χ2n) is 9.97. The van der Waals surface area contributed by atoms with Crippen LogP contribution in [0.3, 0.4) is 0 Å². The van der Waals surface area contributed by atoms with Gasteiger partial charge in [0.25, 0.3) is 0 Å². The van der Waals surface area contributed by atoms with Crippen LogP contribution in [0.4, 0.5) is 0 Å². The first-order chi connectivity index (χ1) is 14.4. The van der Waals surface area contributed by atoms with E-state index in [9.17, 15) is 0 Å². The number of hydrogen-bond donors (Lipinski definition) is 0. The molecule has 32 heavy (non-hydrogen) atoms. The Kier molecular flexibility index (Phi) is 6.00. The quantitative estimate of drug-likeness (QED) is 0.160. The van der Waals surface area contributed by atoms with Crippen molar-refractivity contribution in [1.82, 2.24) is 0 Å². The van der Waals surface area contributed by atoms with Gasteiger partial charge in [-0.25, -0.2) is 0 Å². The van der Waals surface area contributed by atoms with E-state index >= 15 is 0 Å². The van der Waals surface area contributed by atoms with Crippen molar-refractivity contribution in [3.63, 3.8) is 0 Å². The molecule has 2 aliphatic carbocycles. The molecule has 0 fully saturated rings. The fraction of sp³-hybridized carbons (Fsp3) is 0.143. The van der Waals surface area contributed by atoms with Gasteiger partial charge in [0.1, 0.15) is 0 Å². The van der Waals surface area contributed by atoms with Gasteiger partial charge in [-0.1, -0.05) is 0 Å². The molecule has 4 aromatic rings. The maximum atomic E-state index is 2.64. The van der Waals surface area contributed by atoms with Crippen LogP contribution in [0, 0.1) is 0 Å². The molecule has 4 aromatic carbocycles. The number of hydrogen-bond acceptors (Lipinski definition) is 0. The molecule has 6 rings (SSSR count). The van der Waals surface area contributed by atoms with Crippen LogP contribution in [-0.2, 0) is 23.8 Å². The van der Waals surface area contributed by atoms with E-state index in [1.165, 1.54) is 32.8 Å². The zero-order chi connectivity index (χ0) is 20.5. The van der Waals surface area contributed by atoms with Gasteiger partial charge in [-0.15, -0.1) is 24.8 Å². The number of fused-ring (bicyclic) bond motifs is 8. The molecule has 4 heteroatoms. The summed E-state index contributed by atoms with van der Waals surface area (Å²) in [5, 5.41) is 5.81. The molecule has 0 amide bonds. The fourth-order valence-corrected chi connectivity index (χ4v) is 17.6. The van der Waals surface area contributed by atoms with Crippen molar-refractivity contribution in [3.8, 4) is 11.1 Å². The molecule has 0 unspecified atom stereocenters. The van der Waals surface area contributed by atoms with E-state index in [4.69, 9.17) is 0 Å². The van der Waals surface area contributed by atoms with Gasteiger partial charge in [-0.05, 0) is 0 Å². The van der Waals surface area contributed by atoms with Crippen molar-refractivity contribution >= 4 is 56.5 Å². The van der Waals surface area contributed by atoms with Gasteiger partial charge in [0.05, 0.1) is 0 Å². The Labute approximate surface area is 205 Å². The normalized spacial score (nSPS) is 14.5. The van der Waals surface area contributed by atoms with Crippen molar-refractivity contribution in [2.75, 3.05) is 0 Å². The van der Waals surface area contributed by atoms with Gasteiger partial charge in [-0.3, -0.25) is 0 Å². The second-order valence-corrected chi connectivity index (χ2v) is 38.6. The molecule has 0 saturated carbocycles. The Bertz CT molecular complexity index is 1520. The van der Waals surface area contributed by atoms with Gasteiger partial charge in [0.15, 0.2) is 0 Å². The van der Waals surface area contributed by atoms with E-state index in [1.54, 1.807) is 17.5 Å². The van der Waals surface area contributed by atoms with Crippen LogP contribution in [0.2, 0.25) is 9.26 Å². The Hall–Kier alpha value is -1.44. The molecule has 0 aliphatic heterocycles. The third-order valence-electron chi connectivity index (χ3n) is 7.47. The van der Waals surface area contributed by atoms with Crippen LogP contribution in [0.15, 0.2) is 88.2 Å². The topological polar surface area (TPSA) is 0 Å². The molecule has 0 nitrogen and oxygen atoms in total. The summed E-state index contributed by atoms with van der Waals surface area (Å²) in [6.07, 6.45) is 9.21. The predicted molar refractivity (Wildman–Crippen MR) is 146 cm³/mol. The Morgan fingerprint density at radius 2 is 1.47 bits per heavy atom. The molecule has 0 aromatic heterocycles. The van der Waals surface area contributed by atoms with E-state index in [0.717, 1.165) is 12.8 Å². The minimum atomic E-state index is -3.29. The van der Waals surface area contributed by atoms with Gasteiger partial charge in [0.2, 0.25) is 0 Å². The third-order valence-corrected chi connectivity index (χ3v) is 23.7. The number of rotatable bonds is 2. The standard InChI is InChI=1S/C21H13.C5H5.2CH3.2ClH.H2Si.Zr/c1-2-8-15-14(7-1)13-20-18-11-4-3-9-16(18)17-10-5-6-12-19(17)21(15)20;1-2-4-5-3-1;;;;;;/h1-10,12H,13H2;1-3H,4H2;2*1H3;2*1H;1H2;. The van der Waals surface area contributed by atoms with Crippen LogP contribution in [0.25, 0.3) is 32.7 Å². The third kappa shape index (κ3) is 3.26. The summed E-state index contributed by atoms with van der Waals surface area (Å²) in [4.78, 5) is 0. The average molecular weight is 555 g/mol. The van der Waals surface area contributed by atoms with Crippen LogP contribution >= 0.6 is 24.8 Å². The van der Waals surface area contributed by atoms with E-state index in [1.807, 2.05) is 0 Å². The fourth-order valence-electron chi connectivity index (χ4n) is 5.80. The van der Waals surface area contributed by atoms with Crippen LogP contribution in [-0.4, -0.2) is 6.88 Å². The van der Waals surface area contributed by atoms with Gasteiger partial charge in [0, 0.05) is 0 Å². The summed E-state index contributed by atoms with van der Waals surface area (Å²) in [5.74, 6) is 0. The molecule has 0 heterocycles. The second kappa shape index (κ2) is 8.10. The maximum absolute atomic E-state index is 3.29. The summed E-state index contributed by atoms with van der Waals surface area (Å²) in [5.41, 5.74) is 5.95. The molecule has 0 radical (unpaired) electrons. The molecule has 0 spiro atoms. The molecule has 162 valence electrons. The Balaban J connectivity index is 0.00000122. The van der Waals surface area contributed by atoms with E-state index < -0.39 is 17.4 Å². The molecule has 0 bridgehead atoms. The first-order valence-electron chi connectivity index (χ1n) is 10.9. The van der Waals surface area contributed by atoms with Gasteiger partial charge >= 0.3 is 182 Å². The van der Waals surface area contributed by atoms with Crippen LogP contribution in [0.5, 0.6) is 0 Å². The van der Waals surface area contributed by atoms with Gasteiger partial charge in [-0.2, -0.15) is 0 Å². The Morgan fingerprint density at radius 3 is 2.22 bits per heavy atom. The van der Waals surface area contributed by atoms with Crippen molar-refractivity contribution in [1.29, 1.82) is 0 Å². The van der Waals surface area contributed by atoms with Gasteiger partial charge < -0.3 is 0 Å². The minimum absolute atomic E-state index is 0. The van der Waals surface area contributed by atoms with E-state index in [2.05, 4.69) is 101 Å². The van der Waals surface area contributed by atoms with Crippen molar-refractivity contribution < 1.29 is 17.4 Å². The number of halogens is 2. The van der Waals surface area contributed by atoms with Crippen LogP contribution in [0.1, 0.15) is 17.5 Å². The zero-order valence-electron chi connectivity index (χ0n) is 18.5. The summed E-state index contributed by atoms with van der Waals surface area (Å²) in [6, 6.07) is 25.2. The molecule has 2 aliphatic rings. The van der Waals surface area contributed by atoms with E-state index in [0.29, 0.717) is 0 Å². The molecular formula is C28H28Cl2SiZr. The summed E-state index contributed by atoms with van der Waals surface area (Å²) in [7, 11) is 0. The predicted octanol–water partition coefficient (Wildman–Crippen LogP) is 7.21. The van der Waals surface area contributed by atoms with Crippen LogP contribution < -0.4 is 3.27 Å². The zero-order valence-corrected chi connectivity index (χ0v) is 24.0. The molecular weight excluding hydrogens is 527 g/mol. The molecule has 0 atom stereocenters. The summed E-state index contributed by atoms with van der Waals surface area (Å²) in [6.45, 7) is 2.35. The average Bonchev–Trinajstić information content (AvgIpc) is 3.42. The summed E-state index contributed by atoms with van der Waals surface area (Å²) < 4.78 is 8.64. The first-order valence-corrected chi connectivity index (χ1v) is 24.2. The first kappa shape index (κ1) is 23.7. The Morgan fingerprint density at radius 1 is 0.781 bits per heavy atom. The molecule has 0 saturated heterocycles. The molecule has 0 N–H and O–H groups in total. The van der Waals surface area contributed by atoms with E-state index in [-0.39, 0.29) is 24.8 Å².